The largest absolute Gasteiger partial charge is 0.297 e. The normalized spacial score (nSPS) is 16.0. The number of aromatic nitrogens is 2. The van der Waals surface area contributed by atoms with Gasteiger partial charge in [-0.15, -0.1) is 0 Å². The van der Waals surface area contributed by atoms with Crippen molar-refractivity contribution in [1.29, 1.82) is 0 Å². The highest BCUT2D eigenvalue weighted by Gasteiger charge is 2.19. The minimum atomic E-state index is 0.510. The Morgan fingerprint density at radius 1 is 0.800 bits per heavy atom. The molecule has 1 fully saturated rings. The lowest BCUT2D eigenvalue weighted by molar-refractivity contribution is 0.263. The third kappa shape index (κ3) is 3.47. The van der Waals surface area contributed by atoms with Gasteiger partial charge in [0.25, 0.3) is 0 Å². The second-order valence-corrected chi connectivity index (χ2v) is 6.71. The van der Waals surface area contributed by atoms with Crippen LogP contribution < -0.4 is 0 Å². The first-order valence-electron chi connectivity index (χ1n) is 9.02. The van der Waals surface area contributed by atoms with Crippen molar-refractivity contribution in [3.05, 3.63) is 72.7 Å². The van der Waals surface area contributed by atoms with Crippen LogP contribution in [-0.4, -0.2) is 28.0 Å². The third-order valence-corrected chi connectivity index (χ3v) is 5.16. The molecule has 25 heavy (non-hydrogen) atoms. The van der Waals surface area contributed by atoms with E-state index in [1.54, 1.807) is 18.6 Å². The van der Waals surface area contributed by atoms with E-state index >= 15 is 0 Å². The molecule has 1 aliphatic rings. The van der Waals surface area contributed by atoms with E-state index in [9.17, 15) is 0 Å². The molecule has 0 radical (unpaired) electrons. The van der Waals surface area contributed by atoms with E-state index < -0.39 is 0 Å². The molecule has 3 aromatic rings. The van der Waals surface area contributed by atoms with Crippen molar-refractivity contribution in [1.82, 2.24) is 14.9 Å². The average molecular weight is 329 g/mol. The summed E-state index contributed by atoms with van der Waals surface area (Å²) in [6.45, 7) is 4.77. The molecule has 0 spiro atoms. The van der Waals surface area contributed by atoms with Crippen molar-refractivity contribution in [2.45, 2.75) is 25.8 Å². The molecular weight excluding hydrogens is 306 g/mol. The summed E-state index contributed by atoms with van der Waals surface area (Å²) in [6.07, 6.45) is 7.89. The summed E-state index contributed by atoms with van der Waals surface area (Å²) in [5.74, 6) is 0. The Morgan fingerprint density at radius 3 is 2.00 bits per heavy atom. The summed E-state index contributed by atoms with van der Waals surface area (Å²) in [5.41, 5.74) is 5.89. The van der Waals surface area contributed by atoms with Crippen LogP contribution in [0.15, 0.2) is 67.1 Å². The molecule has 1 aliphatic heterocycles. The third-order valence-electron chi connectivity index (χ3n) is 5.16. The van der Waals surface area contributed by atoms with Gasteiger partial charge in [0.1, 0.15) is 0 Å². The van der Waals surface area contributed by atoms with Gasteiger partial charge in [-0.25, -0.2) is 0 Å². The fraction of sp³-hybridized carbons (Fsp3) is 0.273. The molecule has 1 atom stereocenters. The number of hydrogen-bond acceptors (Lipinski definition) is 3. The predicted molar refractivity (Wildman–Crippen MR) is 102 cm³/mol. The molecule has 4 rings (SSSR count). The Kier molecular flexibility index (Phi) is 4.57. The first kappa shape index (κ1) is 16.0. The first-order valence-corrected chi connectivity index (χ1v) is 9.02. The minimum absolute atomic E-state index is 0.510. The number of likely N-dealkylation sites (tertiary alicyclic amines) is 1. The number of hydrogen-bond donors (Lipinski definition) is 0. The van der Waals surface area contributed by atoms with E-state index in [-0.39, 0.29) is 0 Å². The molecule has 0 N–H and O–H groups in total. The molecule has 126 valence electrons. The van der Waals surface area contributed by atoms with Crippen molar-refractivity contribution in [3.8, 4) is 22.4 Å². The van der Waals surface area contributed by atoms with Crippen LogP contribution in [0.1, 0.15) is 31.4 Å². The van der Waals surface area contributed by atoms with Gasteiger partial charge in [-0.1, -0.05) is 48.5 Å². The van der Waals surface area contributed by atoms with Gasteiger partial charge >= 0.3 is 0 Å². The van der Waals surface area contributed by atoms with Gasteiger partial charge in [0.15, 0.2) is 0 Å². The lowest BCUT2D eigenvalue weighted by Crippen LogP contribution is -2.23. The summed E-state index contributed by atoms with van der Waals surface area (Å²) in [6, 6.07) is 18.1. The smallest absolute Gasteiger partial charge is 0.0885 e. The van der Waals surface area contributed by atoms with Gasteiger partial charge in [-0.05, 0) is 49.5 Å². The summed E-state index contributed by atoms with van der Waals surface area (Å²) in [5, 5.41) is 0. The summed E-state index contributed by atoms with van der Waals surface area (Å²) in [4.78, 5) is 11.1. The first-order chi connectivity index (χ1) is 12.3. The van der Waals surface area contributed by atoms with Gasteiger partial charge in [-0.3, -0.25) is 14.9 Å². The molecule has 2 heterocycles. The van der Waals surface area contributed by atoms with E-state index in [1.807, 2.05) is 0 Å². The Morgan fingerprint density at radius 2 is 1.40 bits per heavy atom. The lowest BCUT2D eigenvalue weighted by Gasteiger charge is -2.24. The summed E-state index contributed by atoms with van der Waals surface area (Å²) in [7, 11) is 0. The van der Waals surface area contributed by atoms with Crippen molar-refractivity contribution < 1.29 is 0 Å². The highest BCUT2D eigenvalue weighted by Crippen LogP contribution is 2.28. The second-order valence-electron chi connectivity index (χ2n) is 6.71. The topological polar surface area (TPSA) is 29.0 Å². The average Bonchev–Trinajstić information content (AvgIpc) is 3.23. The second kappa shape index (κ2) is 7.16. The van der Waals surface area contributed by atoms with Gasteiger partial charge < -0.3 is 0 Å². The van der Waals surface area contributed by atoms with E-state index in [0.717, 1.165) is 11.3 Å². The minimum Gasteiger partial charge on any atom is -0.297 e. The standard InChI is InChI=1S/C22H23N3/c1-17(25-14-2-3-15-25)18-4-6-19(7-5-18)20-8-10-21(11-9-20)22-16-23-12-13-24-22/h4-13,16-17H,2-3,14-15H2,1H3. The number of benzene rings is 2. The van der Waals surface area contributed by atoms with Crippen LogP contribution in [0.4, 0.5) is 0 Å². The highest BCUT2D eigenvalue weighted by atomic mass is 15.2. The predicted octanol–water partition coefficient (Wildman–Crippen LogP) is 4.97. The van der Waals surface area contributed by atoms with Crippen molar-refractivity contribution in [3.63, 3.8) is 0 Å². The molecule has 0 aliphatic carbocycles. The molecule has 0 bridgehead atoms. The fourth-order valence-corrected chi connectivity index (χ4v) is 3.58. The molecule has 0 amide bonds. The summed E-state index contributed by atoms with van der Waals surface area (Å²) >= 11 is 0. The lowest BCUT2D eigenvalue weighted by atomic mass is 9.99. The zero-order chi connectivity index (χ0) is 17.1. The Hall–Kier alpha value is -2.52. The SMILES string of the molecule is CC(c1ccc(-c2ccc(-c3cnccn3)cc2)cc1)N1CCCC1. The van der Waals surface area contributed by atoms with E-state index in [2.05, 4.69) is 70.3 Å². The van der Waals surface area contributed by atoms with E-state index in [0.29, 0.717) is 6.04 Å². The Bertz CT molecular complexity index is 804. The molecule has 0 saturated carbocycles. The van der Waals surface area contributed by atoms with Gasteiger partial charge in [0.2, 0.25) is 0 Å². The van der Waals surface area contributed by atoms with Crippen LogP contribution in [0.25, 0.3) is 22.4 Å². The van der Waals surface area contributed by atoms with Crippen LogP contribution in [-0.2, 0) is 0 Å². The zero-order valence-corrected chi connectivity index (χ0v) is 14.6. The Balaban J connectivity index is 1.52. The van der Waals surface area contributed by atoms with Crippen LogP contribution in [0, 0.1) is 0 Å². The van der Waals surface area contributed by atoms with Gasteiger partial charge in [-0.2, -0.15) is 0 Å². The van der Waals surface area contributed by atoms with Crippen LogP contribution in [0.5, 0.6) is 0 Å². The van der Waals surface area contributed by atoms with Crippen molar-refractivity contribution >= 4 is 0 Å². The molecule has 1 saturated heterocycles. The Labute approximate surface area is 149 Å². The van der Waals surface area contributed by atoms with Crippen LogP contribution in [0.3, 0.4) is 0 Å². The van der Waals surface area contributed by atoms with Gasteiger partial charge in [0.05, 0.1) is 11.9 Å². The maximum atomic E-state index is 4.35. The quantitative estimate of drug-likeness (QED) is 0.677. The van der Waals surface area contributed by atoms with E-state index in [4.69, 9.17) is 0 Å². The molecule has 3 heteroatoms. The molecular formula is C22H23N3. The molecule has 3 nitrogen and oxygen atoms in total. The zero-order valence-electron chi connectivity index (χ0n) is 14.6. The monoisotopic (exact) mass is 329 g/mol. The maximum Gasteiger partial charge on any atom is 0.0885 e. The molecule has 1 aromatic heterocycles. The van der Waals surface area contributed by atoms with Crippen molar-refractivity contribution in [2.75, 3.05) is 13.1 Å². The van der Waals surface area contributed by atoms with E-state index in [1.165, 1.54) is 42.6 Å². The molecule has 2 aromatic carbocycles. The fourth-order valence-electron chi connectivity index (χ4n) is 3.58. The summed E-state index contributed by atoms with van der Waals surface area (Å²) < 4.78 is 0. The van der Waals surface area contributed by atoms with Crippen molar-refractivity contribution in [2.24, 2.45) is 0 Å². The molecule has 1 unspecified atom stereocenters. The number of nitrogens with zero attached hydrogens (tertiary/aromatic N) is 3. The van der Waals surface area contributed by atoms with Gasteiger partial charge in [0, 0.05) is 24.0 Å². The number of rotatable bonds is 4. The van der Waals surface area contributed by atoms with Crippen LogP contribution in [0.2, 0.25) is 0 Å². The highest BCUT2D eigenvalue weighted by molar-refractivity contribution is 5.68. The van der Waals surface area contributed by atoms with Crippen LogP contribution >= 0.6 is 0 Å². The maximum absolute atomic E-state index is 4.35.